The largest absolute Gasteiger partial charge is 0.469 e. The van der Waals surface area contributed by atoms with Gasteiger partial charge in [0.25, 0.3) is 0 Å². The van der Waals surface area contributed by atoms with E-state index >= 15 is 0 Å². The Labute approximate surface area is 202 Å². The van der Waals surface area contributed by atoms with E-state index in [4.69, 9.17) is 18.9 Å². The minimum Gasteiger partial charge on any atom is -0.469 e. The molecule has 7 rings (SSSR count). The molecule has 1 saturated heterocycles. The van der Waals surface area contributed by atoms with Crippen LogP contribution < -0.4 is 0 Å². The van der Waals surface area contributed by atoms with Gasteiger partial charge in [-0.2, -0.15) is 0 Å². The molecule has 7 atom stereocenters. The highest BCUT2D eigenvalue weighted by atomic mass is 16.7. The lowest BCUT2D eigenvalue weighted by Crippen LogP contribution is -2.58. The highest BCUT2D eigenvalue weighted by Crippen LogP contribution is 2.62. The summed E-state index contributed by atoms with van der Waals surface area (Å²) in [6.45, 7) is 1.56. The van der Waals surface area contributed by atoms with E-state index in [2.05, 4.69) is 0 Å². The van der Waals surface area contributed by atoms with E-state index < -0.39 is 11.4 Å². The first-order valence-corrected chi connectivity index (χ1v) is 13.6. The maximum Gasteiger partial charge on any atom is 0.308 e. The lowest BCUT2D eigenvalue weighted by atomic mass is 9.47. The molecule has 1 aliphatic heterocycles. The average Bonchev–Trinajstić information content (AvgIpc) is 3.28. The predicted molar refractivity (Wildman–Crippen MR) is 122 cm³/mol. The van der Waals surface area contributed by atoms with Gasteiger partial charge in [-0.3, -0.25) is 9.59 Å². The Kier molecular flexibility index (Phi) is 5.87. The molecule has 7 unspecified atom stereocenters. The Bertz CT molecular complexity index is 812. The van der Waals surface area contributed by atoms with Crippen molar-refractivity contribution >= 4 is 11.8 Å². The summed E-state index contributed by atoms with van der Waals surface area (Å²) >= 11 is 0. The summed E-state index contributed by atoms with van der Waals surface area (Å²) in [5.41, 5.74) is -0.908. The molecular formula is C27H40O7. The van der Waals surface area contributed by atoms with E-state index in [0.29, 0.717) is 50.3 Å². The lowest BCUT2D eigenvalue weighted by molar-refractivity contribution is -0.279. The Hall–Kier alpha value is -1.02. The summed E-state index contributed by atoms with van der Waals surface area (Å²) in [7, 11) is 1.46. The molecule has 1 N–H and O–H groups in total. The fourth-order valence-electron chi connectivity index (χ4n) is 9.24. The van der Waals surface area contributed by atoms with Gasteiger partial charge in [0, 0.05) is 24.2 Å². The zero-order chi connectivity index (χ0) is 23.6. The first kappa shape index (κ1) is 23.4. The molecule has 0 amide bonds. The number of rotatable bonds is 7. The fraction of sp³-hybridized carbons (Fsp3) is 0.926. The van der Waals surface area contributed by atoms with Crippen LogP contribution in [0.1, 0.15) is 77.0 Å². The molecule has 6 aliphatic carbocycles. The second kappa shape index (κ2) is 8.53. The molecule has 7 fully saturated rings. The Balaban J connectivity index is 1.00. The van der Waals surface area contributed by atoms with Crippen molar-refractivity contribution in [3.05, 3.63) is 0 Å². The standard InChI is InChI=1S/C27H40O7/c1-31-24(29)22-9-20-8-19(22)14-27(20)33-5-2-3-21(34-27)15-32-6-4-23(28)25-10-17-7-18(11-25)13-26(30,12-17)16-25/h17-22,30H,2-16H2,1H3. The number of carbonyl (C=O) groups is 2. The van der Waals surface area contributed by atoms with E-state index in [1.54, 1.807) is 0 Å². The summed E-state index contributed by atoms with van der Waals surface area (Å²) in [5, 5.41) is 11.0. The summed E-state index contributed by atoms with van der Waals surface area (Å²) < 4.78 is 23.8. The number of ether oxygens (including phenoxy) is 4. The van der Waals surface area contributed by atoms with Crippen LogP contribution in [0.2, 0.25) is 0 Å². The number of methoxy groups -OCH3 is 1. The number of carbonyl (C=O) groups excluding carboxylic acids is 2. The average molecular weight is 477 g/mol. The van der Waals surface area contributed by atoms with Gasteiger partial charge in [0.1, 0.15) is 5.78 Å². The molecule has 0 aromatic carbocycles. The van der Waals surface area contributed by atoms with E-state index in [-0.39, 0.29) is 35.2 Å². The van der Waals surface area contributed by atoms with Crippen molar-refractivity contribution in [3.8, 4) is 0 Å². The van der Waals surface area contributed by atoms with Gasteiger partial charge in [0.15, 0.2) is 5.79 Å². The molecule has 1 heterocycles. The molecule has 6 saturated carbocycles. The van der Waals surface area contributed by atoms with Crippen molar-refractivity contribution in [2.45, 2.75) is 94.5 Å². The van der Waals surface area contributed by atoms with Crippen LogP contribution in [0, 0.1) is 35.0 Å². The van der Waals surface area contributed by atoms with Gasteiger partial charge in [-0.1, -0.05) is 0 Å². The molecule has 6 bridgehead atoms. The number of Topliss-reactive ketones (excluding diaryl/α,β-unsaturated/α-hetero) is 1. The Morgan fingerprint density at radius 2 is 1.85 bits per heavy atom. The summed E-state index contributed by atoms with van der Waals surface area (Å²) in [6, 6.07) is 0. The van der Waals surface area contributed by atoms with Crippen LogP contribution in [0.5, 0.6) is 0 Å². The first-order chi connectivity index (χ1) is 16.3. The smallest absolute Gasteiger partial charge is 0.308 e. The summed E-state index contributed by atoms with van der Waals surface area (Å²) in [5.74, 6) is 1.11. The monoisotopic (exact) mass is 476 g/mol. The number of hydrogen-bond acceptors (Lipinski definition) is 7. The van der Waals surface area contributed by atoms with Crippen LogP contribution in [-0.4, -0.2) is 61.3 Å². The lowest BCUT2D eigenvalue weighted by Gasteiger charge is -2.59. The maximum atomic E-state index is 13.3. The van der Waals surface area contributed by atoms with Gasteiger partial charge in [0.2, 0.25) is 0 Å². The van der Waals surface area contributed by atoms with Crippen LogP contribution in [0.25, 0.3) is 0 Å². The molecule has 7 nitrogen and oxygen atoms in total. The number of hydrogen-bond donors (Lipinski definition) is 1. The normalized spacial score (nSPS) is 48.9. The van der Waals surface area contributed by atoms with Gasteiger partial charge in [0.05, 0.1) is 44.6 Å². The molecule has 0 aromatic rings. The fourth-order valence-corrected chi connectivity index (χ4v) is 9.24. The summed E-state index contributed by atoms with van der Waals surface area (Å²) in [4.78, 5) is 25.4. The molecule has 0 radical (unpaired) electrons. The van der Waals surface area contributed by atoms with Crippen LogP contribution in [-0.2, 0) is 28.5 Å². The second-order valence-corrected chi connectivity index (χ2v) is 12.5. The molecule has 7 heteroatoms. The minimum absolute atomic E-state index is 0.0283. The Morgan fingerprint density at radius 3 is 2.53 bits per heavy atom. The topological polar surface area (TPSA) is 91.3 Å². The number of esters is 1. The molecule has 7 aliphatic rings. The van der Waals surface area contributed by atoms with E-state index in [1.807, 2.05) is 0 Å². The SMILES string of the molecule is COC(=O)C1CC2CC1CC21OCCCC(COCCC(=O)C23CC4CC(CC(O)(C4)C2)C3)O1. The third-order valence-corrected chi connectivity index (χ3v) is 10.1. The van der Waals surface area contributed by atoms with Crippen LogP contribution in [0.15, 0.2) is 0 Å². The van der Waals surface area contributed by atoms with Gasteiger partial charge in [-0.05, 0) is 82.0 Å². The first-order valence-electron chi connectivity index (χ1n) is 13.6. The quantitative estimate of drug-likeness (QED) is 0.445. The predicted octanol–water partition coefficient (Wildman–Crippen LogP) is 3.40. The van der Waals surface area contributed by atoms with Gasteiger partial charge in [-0.25, -0.2) is 0 Å². The highest BCUT2D eigenvalue weighted by Gasteiger charge is 2.61. The van der Waals surface area contributed by atoms with Crippen molar-refractivity contribution in [3.63, 3.8) is 0 Å². The molecule has 1 spiro atoms. The van der Waals surface area contributed by atoms with Gasteiger partial charge >= 0.3 is 5.97 Å². The highest BCUT2D eigenvalue weighted by molar-refractivity contribution is 5.85. The third kappa shape index (κ3) is 3.95. The van der Waals surface area contributed by atoms with Crippen LogP contribution >= 0.6 is 0 Å². The molecule has 190 valence electrons. The second-order valence-electron chi connectivity index (χ2n) is 12.5. The number of fused-ring (bicyclic) bond motifs is 3. The van der Waals surface area contributed by atoms with E-state index in [9.17, 15) is 14.7 Å². The Morgan fingerprint density at radius 1 is 1.06 bits per heavy atom. The van der Waals surface area contributed by atoms with Crippen LogP contribution in [0.3, 0.4) is 0 Å². The third-order valence-electron chi connectivity index (χ3n) is 10.1. The molecule has 0 aromatic heterocycles. The molecular weight excluding hydrogens is 436 g/mol. The zero-order valence-electron chi connectivity index (χ0n) is 20.5. The minimum atomic E-state index is -0.601. The number of ketones is 1. The van der Waals surface area contributed by atoms with Gasteiger partial charge < -0.3 is 24.1 Å². The van der Waals surface area contributed by atoms with Crippen molar-refractivity contribution in [1.29, 1.82) is 0 Å². The summed E-state index contributed by atoms with van der Waals surface area (Å²) in [6.07, 6.45) is 10.2. The molecule has 34 heavy (non-hydrogen) atoms. The van der Waals surface area contributed by atoms with Crippen molar-refractivity contribution < 1.29 is 33.6 Å². The van der Waals surface area contributed by atoms with Crippen molar-refractivity contribution in [1.82, 2.24) is 0 Å². The number of aliphatic hydroxyl groups is 1. The van der Waals surface area contributed by atoms with Crippen molar-refractivity contribution in [2.24, 2.45) is 35.0 Å². The van der Waals surface area contributed by atoms with E-state index in [1.165, 1.54) is 13.5 Å². The van der Waals surface area contributed by atoms with Crippen LogP contribution in [0.4, 0.5) is 0 Å². The van der Waals surface area contributed by atoms with E-state index in [0.717, 1.165) is 57.8 Å². The van der Waals surface area contributed by atoms with Crippen molar-refractivity contribution in [2.75, 3.05) is 26.9 Å². The maximum absolute atomic E-state index is 13.3. The zero-order valence-corrected chi connectivity index (χ0v) is 20.5. The van der Waals surface area contributed by atoms with Gasteiger partial charge in [-0.15, -0.1) is 0 Å².